The van der Waals surface area contributed by atoms with Crippen LogP contribution in [0, 0.1) is 17.3 Å². The van der Waals surface area contributed by atoms with Crippen molar-refractivity contribution in [1.29, 1.82) is 0 Å². The average Bonchev–Trinajstić information content (AvgIpc) is 2.78. The van der Waals surface area contributed by atoms with Crippen molar-refractivity contribution in [2.24, 2.45) is 17.3 Å². The van der Waals surface area contributed by atoms with E-state index in [0.717, 1.165) is 18.4 Å². The van der Waals surface area contributed by atoms with Crippen LogP contribution in [-0.4, -0.2) is 61.8 Å². The summed E-state index contributed by atoms with van der Waals surface area (Å²) in [6.45, 7) is 7.49. The van der Waals surface area contributed by atoms with E-state index in [4.69, 9.17) is 0 Å². The molecule has 0 radical (unpaired) electrons. The van der Waals surface area contributed by atoms with Gasteiger partial charge in [-0.25, -0.2) is 0 Å². The Bertz CT molecular complexity index is 274. The molecule has 112 valence electrons. The maximum atomic E-state index is 9.84. The van der Waals surface area contributed by atoms with Crippen LogP contribution in [0.5, 0.6) is 0 Å². The predicted molar refractivity (Wildman–Crippen MR) is 80.3 cm³/mol. The van der Waals surface area contributed by atoms with Crippen LogP contribution in [0.25, 0.3) is 0 Å². The molecule has 3 heteroatoms. The van der Waals surface area contributed by atoms with Gasteiger partial charge in [-0.3, -0.25) is 0 Å². The standard InChI is InChI=1S/C16H32N2O/c1-14-4-7-16(13-19,8-5-14)12-18(3)11-15-6-9-17(2)10-15/h14-15,19H,4-13H2,1-3H3. The van der Waals surface area contributed by atoms with Gasteiger partial charge in [0.2, 0.25) is 0 Å². The van der Waals surface area contributed by atoms with E-state index in [-0.39, 0.29) is 5.41 Å². The molecule has 1 heterocycles. The zero-order valence-corrected chi connectivity index (χ0v) is 13.1. The first kappa shape index (κ1) is 15.3. The summed E-state index contributed by atoms with van der Waals surface area (Å²) in [6.07, 6.45) is 6.34. The van der Waals surface area contributed by atoms with E-state index in [2.05, 4.69) is 30.8 Å². The summed E-state index contributed by atoms with van der Waals surface area (Å²) in [7, 11) is 4.46. The lowest BCUT2D eigenvalue weighted by Crippen LogP contribution is -2.42. The molecule has 1 saturated carbocycles. The molecule has 0 aromatic heterocycles. The highest BCUT2D eigenvalue weighted by Crippen LogP contribution is 2.39. The van der Waals surface area contributed by atoms with E-state index < -0.39 is 0 Å². The number of likely N-dealkylation sites (tertiary alicyclic amines) is 1. The highest BCUT2D eigenvalue weighted by molar-refractivity contribution is 4.87. The molecule has 0 aromatic rings. The van der Waals surface area contributed by atoms with Gasteiger partial charge in [-0.05, 0) is 51.7 Å². The maximum absolute atomic E-state index is 9.84. The molecule has 19 heavy (non-hydrogen) atoms. The minimum atomic E-state index is 0.186. The van der Waals surface area contributed by atoms with Gasteiger partial charge in [0.15, 0.2) is 0 Å². The van der Waals surface area contributed by atoms with Gasteiger partial charge in [-0.15, -0.1) is 0 Å². The first-order chi connectivity index (χ1) is 9.03. The monoisotopic (exact) mass is 268 g/mol. The Morgan fingerprint density at radius 2 is 1.95 bits per heavy atom. The Labute approximate surface area is 119 Å². The second kappa shape index (κ2) is 6.55. The van der Waals surface area contributed by atoms with E-state index >= 15 is 0 Å². The fourth-order valence-electron chi connectivity index (χ4n) is 3.99. The quantitative estimate of drug-likeness (QED) is 0.827. The number of nitrogens with zero attached hydrogens (tertiary/aromatic N) is 2. The van der Waals surface area contributed by atoms with E-state index in [9.17, 15) is 5.11 Å². The van der Waals surface area contributed by atoms with Crippen molar-refractivity contribution in [1.82, 2.24) is 9.80 Å². The topological polar surface area (TPSA) is 26.7 Å². The fourth-order valence-corrected chi connectivity index (χ4v) is 3.99. The summed E-state index contributed by atoms with van der Waals surface area (Å²) in [4.78, 5) is 4.92. The van der Waals surface area contributed by atoms with Gasteiger partial charge in [0.1, 0.15) is 0 Å². The molecule has 1 aliphatic carbocycles. The Morgan fingerprint density at radius 1 is 1.26 bits per heavy atom. The molecular weight excluding hydrogens is 236 g/mol. The molecule has 3 nitrogen and oxygen atoms in total. The SMILES string of the molecule is CC1CCC(CO)(CN(C)CC2CCN(C)C2)CC1. The molecule has 2 fully saturated rings. The molecule has 0 aromatic carbocycles. The van der Waals surface area contributed by atoms with Crippen LogP contribution in [-0.2, 0) is 0 Å². The molecule has 1 unspecified atom stereocenters. The number of aliphatic hydroxyl groups is 1. The van der Waals surface area contributed by atoms with Crippen LogP contribution in [0.1, 0.15) is 39.0 Å². The third-order valence-electron chi connectivity index (χ3n) is 5.33. The van der Waals surface area contributed by atoms with Crippen molar-refractivity contribution in [3.63, 3.8) is 0 Å². The van der Waals surface area contributed by atoms with Gasteiger partial charge in [0.25, 0.3) is 0 Å². The molecule has 0 amide bonds. The third-order valence-corrected chi connectivity index (χ3v) is 5.33. The molecule has 0 spiro atoms. The van der Waals surface area contributed by atoms with Crippen LogP contribution < -0.4 is 0 Å². The second-order valence-electron chi connectivity index (χ2n) is 7.45. The van der Waals surface area contributed by atoms with Crippen LogP contribution >= 0.6 is 0 Å². The zero-order valence-electron chi connectivity index (χ0n) is 13.1. The van der Waals surface area contributed by atoms with Crippen molar-refractivity contribution in [3.8, 4) is 0 Å². The number of hydrogen-bond acceptors (Lipinski definition) is 3. The summed E-state index contributed by atoms with van der Waals surface area (Å²) < 4.78 is 0. The van der Waals surface area contributed by atoms with Crippen molar-refractivity contribution >= 4 is 0 Å². The molecular formula is C16H32N2O. The average molecular weight is 268 g/mol. The van der Waals surface area contributed by atoms with Gasteiger partial charge >= 0.3 is 0 Å². The van der Waals surface area contributed by atoms with Crippen molar-refractivity contribution in [3.05, 3.63) is 0 Å². The lowest BCUT2D eigenvalue weighted by atomic mass is 9.71. The van der Waals surface area contributed by atoms with Gasteiger partial charge in [-0.2, -0.15) is 0 Å². The zero-order chi connectivity index (χ0) is 13.9. The normalized spacial score (nSPS) is 37.1. The Kier molecular flexibility index (Phi) is 5.27. The predicted octanol–water partition coefficient (Wildman–Crippen LogP) is 2.06. The van der Waals surface area contributed by atoms with E-state index in [1.807, 2.05) is 0 Å². The van der Waals surface area contributed by atoms with Crippen LogP contribution in [0.2, 0.25) is 0 Å². The van der Waals surface area contributed by atoms with E-state index in [1.54, 1.807) is 0 Å². The molecule has 1 atom stereocenters. The maximum Gasteiger partial charge on any atom is 0.0499 e. The number of aliphatic hydroxyl groups excluding tert-OH is 1. The van der Waals surface area contributed by atoms with Crippen molar-refractivity contribution in [2.75, 3.05) is 46.9 Å². The lowest BCUT2D eigenvalue weighted by molar-refractivity contribution is 0.0331. The number of hydrogen-bond donors (Lipinski definition) is 1. The first-order valence-corrected chi connectivity index (χ1v) is 8.01. The Morgan fingerprint density at radius 3 is 2.47 bits per heavy atom. The van der Waals surface area contributed by atoms with Gasteiger partial charge < -0.3 is 14.9 Å². The van der Waals surface area contributed by atoms with E-state index in [0.29, 0.717) is 6.61 Å². The summed E-state index contributed by atoms with van der Waals surface area (Å²) in [5, 5.41) is 9.84. The molecule has 1 N–H and O–H groups in total. The van der Waals surface area contributed by atoms with Crippen molar-refractivity contribution < 1.29 is 5.11 Å². The van der Waals surface area contributed by atoms with Gasteiger partial charge in [-0.1, -0.05) is 19.8 Å². The van der Waals surface area contributed by atoms with Crippen LogP contribution in [0.3, 0.4) is 0 Å². The highest BCUT2D eigenvalue weighted by Gasteiger charge is 2.35. The minimum Gasteiger partial charge on any atom is -0.396 e. The van der Waals surface area contributed by atoms with Gasteiger partial charge in [0, 0.05) is 31.7 Å². The Hall–Kier alpha value is -0.120. The first-order valence-electron chi connectivity index (χ1n) is 8.01. The third kappa shape index (κ3) is 4.17. The van der Waals surface area contributed by atoms with Crippen LogP contribution in [0.4, 0.5) is 0 Å². The molecule has 1 aliphatic heterocycles. The summed E-state index contributed by atoms with van der Waals surface area (Å²) in [6, 6.07) is 0. The lowest BCUT2D eigenvalue weighted by Gasteiger charge is -2.41. The summed E-state index contributed by atoms with van der Waals surface area (Å²) in [5.41, 5.74) is 0.186. The molecule has 1 saturated heterocycles. The molecule has 0 bridgehead atoms. The van der Waals surface area contributed by atoms with E-state index in [1.165, 1.54) is 51.7 Å². The highest BCUT2D eigenvalue weighted by atomic mass is 16.3. The smallest absolute Gasteiger partial charge is 0.0499 e. The molecule has 2 aliphatic rings. The fraction of sp³-hybridized carbons (Fsp3) is 1.00. The number of rotatable bonds is 5. The Balaban J connectivity index is 1.80. The molecule has 2 rings (SSSR count). The summed E-state index contributed by atoms with van der Waals surface area (Å²) in [5.74, 6) is 1.68. The second-order valence-corrected chi connectivity index (χ2v) is 7.45. The largest absolute Gasteiger partial charge is 0.396 e. The van der Waals surface area contributed by atoms with Gasteiger partial charge in [0.05, 0.1) is 0 Å². The summed E-state index contributed by atoms with van der Waals surface area (Å²) >= 11 is 0. The van der Waals surface area contributed by atoms with Crippen LogP contribution in [0.15, 0.2) is 0 Å². The minimum absolute atomic E-state index is 0.186. The van der Waals surface area contributed by atoms with Crippen molar-refractivity contribution in [2.45, 2.75) is 39.0 Å².